The number of hydrogen-bond acceptors (Lipinski definition) is 2. The highest BCUT2D eigenvalue weighted by Gasteiger charge is 2.13. The number of aliphatic hydroxyl groups is 1. The average molecular weight is 424 g/mol. The van der Waals surface area contributed by atoms with Crippen LogP contribution in [0.5, 0.6) is 0 Å². The van der Waals surface area contributed by atoms with E-state index in [0.29, 0.717) is 0 Å². The lowest BCUT2D eigenvalue weighted by Crippen LogP contribution is -2.31. The topological polar surface area (TPSA) is 23.5 Å². The lowest BCUT2D eigenvalue weighted by atomic mass is 10.1. The minimum atomic E-state index is -0.429. The molecule has 0 aliphatic rings. The molecule has 0 aromatic heterocycles. The van der Waals surface area contributed by atoms with E-state index >= 15 is 0 Å². The Morgan fingerprint density at radius 2 is 1.10 bits per heavy atom. The zero-order valence-corrected chi connectivity index (χ0v) is 19.9. The van der Waals surface area contributed by atoms with Crippen LogP contribution in [-0.2, 0) is 0 Å². The van der Waals surface area contributed by atoms with E-state index in [2.05, 4.69) is 18.7 Å². The van der Waals surface area contributed by atoms with E-state index in [-0.39, 0.29) is 0 Å². The minimum absolute atomic E-state index is 0.429. The summed E-state index contributed by atoms with van der Waals surface area (Å²) in [7, 11) is 0. The summed E-state index contributed by atoms with van der Waals surface area (Å²) in [5, 5.41) is 11.4. The Balaban J connectivity index is 2.35. The summed E-state index contributed by atoms with van der Waals surface area (Å²) >= 11 is 5.99. The first-order valence-electron chi connectivity index (χ1n) is 12.3. The van der Waals surface area contributed by atoms with Gasteiger partial charge in [-0.1, -0.05) is 115 Å². The van der Waals surface area contributed by atoms with E-state index < -0.39 is 6.10 Å². The lowest BCUT2D eigenvalue weighted by Gasteiger charge is -2.25. The Morgan fingerprint density at radius 3 is 1.55 bits per heavy atom. The van der Waals surface area contributed by atoms with Gasteiger partial charge in [0.1, 0.15) is 0 Å². The van der Waals surface area contributed by atoms with Crippen LogP contribution in [0.4, 0.5) is 0 Å². The summed E-state index contributed by atoms with van der Waals surface area (Å²) in [4.78, 5) is 2.48. The van der Waals surface area contributed by atoms with Gasteiger partial charge in [-0.25, -0.2) is 0 Å². The van der Waals surface area contributed by atoms with Gasteiger partial charge in [0.25, 0.3) is 0 Å². The molecule has 1 N–H and O–H groups in total. The maximum absolute atomic E-state index is 10.7. The van der Waals surface area contributed by atoms with Crippen molar-refractivity contribution in [2.24, 2.45) is 0 Å². The smallest absolute Gasteiger partial charge is 0.0916 e. The zero-order valence-electron chi connectivity index (χ0n) is 19.2. The van der Waals surface area contributed by atoms with Crippen LogP contribution in [0.3, 0.4) is 0 Å². The number of unbranched alkanes of at least 4 members (excludes halogenated alkanes) is 12. The zero-order chi connectivity index (χ0) is 21.2. The molecule has 0 saturated carbocycles. The number of hydrogen-bond donors (Lipinski definition) is 1. The van der Waals surface area contributed by atoms with Crippen LogP contribution in [0.2, 0.25) is 5.02 Å². The third-order valence-electron chi connectivity index (χ3n) is 5.84. The van der Waals surface area contributed by atoms with E-state index in [9.17, 15) is 5.11 Å². The Kier molecular flexibility index (Phi) is 16.6. The predicted molar refractivity (Wildman–Crippen MR) is 129 cm³/mol. The van der Waals surface area contributed by atoms with E-state index in [1.165, 1.54) is 89.9 Å². The molecule has 1 unspecified atom stereocenters. The molecule has 2 nitrogen and oxygen atoms in total. The number of nitrogens with zero attached hydrogens (tertiary/aromatic N) is 1. The Bertz CT molecular complexity index is 458. The van der Waals surface area contributed by atoms with Crippen molar-refractivity contribution >= 4 is 11.6 Å². The number of aliphatic hydroxyl groups excluding tert-OH is 1. The van der Waals surface area contributed by atoms with Gasteiger partial charge < -0.3 is 10.0 Å². The molecule has 3 heteroatoms. The van der Waals surface area contributed by atoms with Gasteiger partial charge in [-0.2, -0.15) is 0 Å². The van der Waals surface area contributed by atoms with Gasteiger partial charge in [0.15, 0.2) is 0 Å². The van der Waals surface area contributed by atoms with Crippen LogP contribution < -0.4 is 0 Å². The molecule has 0 bridgehead atoms. The number of rotatable bonds is 19. The van der Waals surface area contributed by atoms with Gasteiger partial charge in [-0.05, 0) is 43.6 Å². The first kappa shape index (κ1) is 26.5. The van der Waals surface area contributed by atoms with Crippen molar-refractivity contribution in [1.82, 2.24) is 4.90 Å². The van der Waals surface area contributed by atoms with Crippen molar-refractivity contribution in [2.45, 2.75) is 110 Å². The molecule has 168 valence electrons. The number of benzene rings is 1. The largest absolute Gasteiger partial charge is 0.387 e. The summed E-state index contributed by atoms with van der Waals surface area (Å²) in [6, 6.07) is 7.65. The summed E-state index contributed by atoms with van der Waals surface area (Å²) in [5.41, 5.74) is 0.971. The van der Waals surface area contributed by atoms with Crippen molar-refractivity contribution in [3.63, 3.8) is 0 Å². The van der Waals surface area contributed by atoms with Crippen LogP contribution in [0.25, 0.3) is 0 Å². The second kappa shape index (κ2) is 18.2. The van der Waals surface area contributed by atoms with E-state index in [0.717, 1.165) is 30.2 Å². The highest BCUT2D eigenvalue weighted by molar-refractivity contribution is 6.30. The van der Waals surface area contributed by atoms with Crippen molar-refractivity contribution in [2.75, 3.05) is 19.6 Å². The maximum atomic E-state index is 10.7. The van der Waals surface area contributed by atoms with Gasteiger partial charge in [-0.15, -0.1) is 0 Å². The molecule has 0 heterocycles. The molecule has 1 aromatic carbocycles. The predicted octanol–water partition coefficient (Wildman–Crippen LogP) is 8.18. The van der Waals surface area contributed by atoms with Crippen LogP contribution in [0.15, 0.2) is 24.3 Å². The molecule has 0 radical (unpaired) electrons. The molecule has 1 atom stereocenters. The van der Waals surface area contributed by atoms with Gasteiger partial charge >= 0.3 is 0 Å². The third-order valence-corrected chi connectivity index (χ3v) is 6.09. The first-order chi connectivity index (χ1) is 14.2. The Morgan fingerprint density at radius 1 is 0.690 bits per heavy atom. The molecule has 0 aliphatic heterocycles. The fourth-order valence-electron chi connectivity index (χ4n) is 3.91. The molecule has 0 fully saturated rings. The highest BCUT2D eigenvalue weighted by Crippen LogP contribution is 2.19. The Hall–Kier alpha value is -0.570. The molecular weight excluding hydrogens is 378 g/mol. The van der Waals surface area contributed by atoms with Gasteiger partial charge in [0.05, 0.1) is 6.10 Å². The molecule has 0 aliphatic carbocycles. The number of halogens is 1. The first-order valence-corrected chi connectivity index (χ1v) is 12.7. The van der Waals surface area contributed by atoms with Crippen LogP contribution in [0.1, 0.15) is 115 Å². The second-order valence-corrected chi connectivity index (χ2v) is 9.05. The van der Waals surface area contributed by atoms with Crippen molar-refractivity contribution in [3.05, 3.63) is 34.9 Å². The van der Waals surface area contributed by atoms with Crippen LogP contribution in [0, 0.1) is 0 Å². The van der Waals surface area contributed by atoms with Gasteiger partial charge in [0, 0.05) is 11.6 Å². The maximum Gasteiger partial charge on any atom is 0.0916 e. The summed E-state index contributed by atoms with van der Waals surface area (Å²) in [6.45, 7) is 7.48. The molecule has 1 rings (SSSR count). The standard InChI is InChI=1S/C26H46ClNO/c1-3-5-7-9-11-13-15-21-28(22-16-14-12-10-8-6-4-2)23-26(29)24-17-19-25(27)20-18-24/h17-20,26,29H,3-16,21-23H2,1-2H3. The fraction of sp³-hybridized carbons (Fsp3) is 0.769. The van der Waals surface area contributed by atoms with Crippen molar-refractivity contribution in [1.29, 1.82) is 0 Å². The van der Waals surface area contributed by atoms with E-state index in [4.69, 9.17) is 11.6 Å². The van der Waals surface area contributed by atoms with Crippen molar-refractivity contribution in [3.8, 4) is 0 Å². The van der Waals surface area contributed by atoms with Crippen molar-refractivity contribution < 1.29 is 5.11 Å². The molecular formula is C26H46ClNO. The lowest BCUT2D eigenvalue weighted by molar-refractivity contribution is 0.110. The molecule has 0 spiro atoms. The van der Waals surface area contributed by atoms with E-state index in [1.54, 1.807) is 0 Å². The van der Waals surface area contributed by atoms with E-state index in [1.807, 2.05) is 24.3 Å². The third kappa shape index (κ3) is 14.1. The minimum Gasteiger partial charge on any atom is -0.387 e. The molecule has 29 heavy (non-hydrogen) atoms. The Labute approximate surface area is 186 Å². The van der Waals surface area contributed by atoms with Crippen LogP contribution in [-0.4, -0.2) is 29.6 Å². The quantitative estimate of drug-likeness (QED) is 0.227. The molecule has 0 saturated heterocycles. The summed E-state index contributed by atoms with van der Waals surface area (Å²) in [6.07, 6.45) is 18.3. The average Bonchev–Trinajstić information content (AvgIpc) is 2.72. The monoisotopic (exact) mass is 423 g/mol. The fourth-order valence-corrected chi connectivity index (χ4v) is 4.04. The highest BCUT2D eigenvalue weighted by atomic mass is 35.5. The summed E-state index contributed by atoms with van der Waals surface area (Å²) < 4.78 is 0. The van der Waals surface area contributed by atoms with Crippen LogP contribution >= 0.6 is 11.6 Å². The van der Waals surface area contributed by atoms with Gasteiger partial charge in [-0.3, -0.25) is 0 Å². The SMILES string of the molecule is CCCCCCCCCN(CCCCCCCCC)CC(O)c1ccc(Cl)cc1. The molecule has 0 amide bonds. The molecule has 1 aromatic rings. The van der Waals surface area contributed by atoms with Gasteiger partial charge in [0.2, 0.25) is 0 Å². The summed E-state index contributed by atoms with van der Waals surface area (Å²) in [5.74, 6) is 0. The normalized spacial score (nSPS) is 12.6. The second-order valence-electron chi connectivity index (χ2n) is 8.61.